The third-order valence-electron chi connectivity index (χ3n) is 3.75. The number of benzene rings is 1. The molecular formula is C17H25N3O4. The predicted octanol–water partition coefficient (Wildman–Crippen LogP) is 1.34. The molecule has 1 fully saturated rings. The first-order chi connectivity index (χ1) is 11.5. The molecule has 7 heteroatoms. The van der Waals surface area contributed by atoms with Crippen molar-refractivity contribution in [3.63, 3.8) is 0 Å². The molecule has 0 aromatic heterocycles. The van der Waals surface area contributed by atoms with Crippen molar-refractivity contribution in [1.82, 2.24) is 15.1 Å². The quantitative estimate of drug-likeness (QED) is 0.881. The molecule has 1 aromatic rings. The zero-order valence-electron chi connectivity index (χ0n) is 14.4. The first kappa shape index (κ1) is 17.9. The lowest BCUT2D eigenvalue weighted by atomic mass is 10.3. The van der Waals surface area contributed by atoms with E-state index in [-0.39, 0.29) is 24.6 Å². The molecule has 1 aromatic carbocycles. The summed E-state index contributed by atoms with van der Waals surface area (Å²) < 4.78 is 10.8. The first-order valence-corrected chi connectivity index (χ1v) is 8.10. The Labute approximate surface area is 142 Å². The topological polar surface area (TPSA) is 71.1 Å². The molecule has 24 heavy (non-hydrogen) atoms. The minimum Gasteiger partial charge on any atom is -0.493 e. The summed E-state index contributed by atoms with van der Waals surface area (Å²) in [5.41, 5.74) is 0. The van der Waals surface area contributed by atoms with Crippen molar-refractivity contribution >= 4 is 11.9 Å². The molecule has 7 nitrogen and oxygen atoms in total. The molecule has 0 atom stereocenters. The smallest absolute Gasteiger partial charge is 0.317 e. The number of carbonyl (C=O) groups is 2. The second kappa shape index (κ2) is 8.42. The number of para-hydroxylation sites is 2. The van der Waals surface area contributed by atoms with Gasteiger partial charge in [0, 0.05) is 32.2 Å². The molecule has 0 unspecified atom stereocenters. The minimum absolute atomic E-state index is 0.0431. The fraction of sp³-hybridized carbons (Fsp3) is 0.529. The number of hydrogen-bond acceptors (Lipinski definition) is 4. The zero-order chi connectivity index (χ0) is 17.5. The first-order valence-electron chi connectivity index (χ1n) is 8.10. The number of amides is 3. The average molecular weight is 335 g/mol. The van der Waals surface area contributed by atoms with Gasteiger partial charge in [-0.1, -0.05) is 12.1 Å². The molecule has 2 rings (SSSR count). The van der Waals surface area contributed by atoms with Crippen molar-refractivity contribution in [2.75, 3.05) is 39.9 Å². The van der Waals surface area contributed by atoms with Crippen LogP contribution in [0.25, 0.3) is 0 Å². The van der Waals surface area contributed by atoms with Crippen molar-refractivity contribution in [2.45, 2.75) is 19.9 Å². The lowest BCUT2D eigenvalue weighted by Crippen LogP contribution is -2.54. The number of carbonyl (C=O) groups excluding carboxylic acids is 2. The summed E-state index contributed by atoms with van der Waals surface area (Å²) in [6.07, 6.45) is 0. The molecule has 1 heterocycles. The maximum Gasteiger partial charge on any atom is 0.317 e. The molecule has 1 aliphatic rings. The Hall–Kier alpha value is -2.44. The van der Waals surface area contributed by atoms with Gasteiger partial charge in [-0.3, -0.25) is 4.79 Å². The van der Waals surface area contributed by atoms with E-state index in [0.717, 1.165) is 0 Å². The number of rotatable bonds is 5. The van der Waals surface area contributed by atoms with Gasteiger partial charge in [0.2, 0.25) is 0 Å². The highest BCUT2D eigenvalue weighted by Crippen LogP contribution is 2.25. The largest absolute Gasteiger partial charge is 0.493 e. The molecule has 1 aliphatic heterocycles. The number of piperazine rings is 1. The minimum atomic E-state index is -0.0928. The lowest BCUT2D eigenvalue weighted by molar-refractivity contribution is -0.134. The van der Waals surface area contributed by atoms with Crippen LogP contribution in [-0.2, 0) is 4.79 Å². The van der Waals surface area contributed by atoms with Crippen LogP contribution in [-0.4, -0.2) is 67.7 Å². The Bertz CT molecular complexity index is 569. The van der Waals surface area contributed by atoms with Gasteiger partial charge in [0.05, 0.1) is 7.11 Å². The van der Waals surface area contributed by atoms with E-state index in [1.807, 2.05) is 26.0 Å². The van der Waals surface area contributed by atoms with E-state index in [1.54, 1.807) is 29.0 Å². The van der Waals surface area contributed by atoms with E-state index in [2.05, 4.69) is 5.32 Å². The Morgan fingerprint density at radius 2 is 1.67 bits per heavy atom. The van der Waals surface area contributed by atoms with Crippen LogP contribution in [0.3, 0.4) is 0 Å². The molecule has 0 saturated carbocycles. The van der Waals surface area contributed by atoms with Gasteiger partial charge >= 0.3 is 6.03 Å². The summed E-state index contributed by atoms with van der Waals surface area (Å²) >= 11 is 0. The zero-order valence-corrected chi connectivity index (χ0v) is 14.4. The summed E-state index contributed by atoms with van der Waals surface area (Å²) in [5, 5.41) is 2.86. The van der Waals surface area contributed by atoms with E-state index in [9.17, 15) is 9.59 Å². The summed E-state index contributed by atoms with van der Waals surface area (Å²) in [5.74, 6) is 1.05. The van der Waals surface area contributed by atoms with E-state index < -0.39 is 0 Å². The van der Waals surface area contributed by atoms with Gasteiger partial charge in [0.1, 0.15) is 0 Å². The van der Waals surface area contributed by atoms with Crippen LogP contribution >= 0.6 is 0 Å². The Balaban J connectivity index is 1.79. The maximum absolute atomic E-state index is 12.3. The SMILES string of the molecule is COc1ccccc1OCC(=O)N1CCN(C(=O)NC(C)C)CC1. The van der Waals surface area contributed by atoms with Gasteiger partial charge in [0.15, 0.2) is 18.1 Å². The fourth-order valence-corrected chi connectivity index (χ4v) is 2.47. The van der Waals surface area contributed by atoms with Gasteiger partial charge in [-0.2, -0.15) is 0 Å². The van der Waals surface area contributed by atoms with Gasteiger partial charge < -0.3 is 24.6 Å². The number of nitrogens with zero attached hydrogens (tertiary/aromatic N) is 2. The maximum atomic E-state index is 12.3. The van der Waals surface area contributed by atoms with E-state index in [0.29, 0.717) is 37.7 Å². The van der Waals surface area contributed by atoms with Crippen LogP contribution in [0.5, 0.6) is 11.5 Å². The molecule has 3 amide bonds. The summed E-state index contributed by atoms with van der Waals surface area (Å²) in [6, 6.07) is 7.24. The highest BCUT2D eigenvalue weighted by atomic mass is 16.5. The van der Waals surface area contributed by atoms with Crippen LogP contribution in [0, 0.1) is 0 Å². The van der Waals surface area contributed by atoms with E-state index >= 15 is 0 Å². The highest BCUT2D eigenvalue weighted by molar-refractivity contribution is 5.79. The number of hydrogen-bond donors (Lipinski definition) is 1. The van der Waals surface area contributed by atoms with Crippen LogP contribution in [0.15, 0.2) is 24.3 Å². The van der Waals surface area contributed by atoms with E-state index in [4.69, 9.17) is 9.47 Å². The average Bonchev–Trinajstić information content (AvgIpc) is 2.59. The molecule has 0 bridgehead atoms. The third kappa shape index (κ3) is 4.78. The molecule has 0 aliphatic carbocycles. The molecule has 1 N–H and O–H groups in total. The Kier molecular flexibility index (Phi) is 6.28. The van der Waals surface area contributed by atoms with Crippen molar-refractivity contribution in [1.29, 1.82) is 0 Å². The van der Waals surface area contributed by atoms with E-state index in [1.165, 1.54) is 0 Å². The van der Waals surface area contributed by atoms with Gasteiger partial charge in [-0.05, 0) is 26.0 Å². The van der Waals surface area contributed by atoms with Crippen LogP contribution < -0.4 is 14.8 Å². The molecule has 0 radical (unpaired) electrons. The standard InChI is InChI=1S/C17H25N3O4/c1-13(2)18-17(22)20-10-8-19(9-11-20)16(21)12-24-15-7-5-4-6-14(15)23-3/h4-7,13H,8-12H2,1-3H3,(H,18,22). The summed E-state index contributed by atoms with van der Waals surface area (Å²) in [7, 11) is 1.56. The van der Waals surface area contributed by atoms with Gasteiger partial charge in [0.25, 0.3) is 5.91 Å². The Morgan fingerprint density at radius 1 is 1.08 bits per heavy atom. The van der Waals surface area contributed by atoms with Gasteiger partial charge in [-0.25, -0.2) is 4.79 Å². The van der Waals surface area contributed by atoms with Crippen molar-refractivity contribution in [3.8, 4) is 11.5 Å². The second-order valence-electron chi connectivity index (χ2n) is 5.91. The molecule has 1 saturated heterocycles. The third-order valence-corrected chi connectivity index (χ3v) is 3.75. The normalized spacial score (nSPS) is 14.5. The van der Waals surface area contributed by atoms with Crippen molar-refractivity contribution in [2.24, 2.45) is 0 Å². The molecule has 0 spiro atoms. The number of ether oxygens (including phenoxy) is 2. The van der Waals surface area contributed by atoms with Crippen LogP contribution in [0.4, 0.5) is 4.79 Å². The predicted molar refractivity (Wildman–Crippen MR) is 90.3 cm³/mol. The van der Waals surface area contributed by atoms with Crippen LogP contribution in [0.2, 0.25) is 0 Å². The monoisotopic (exact) mass is 335 g/mol. The highest BCUT2D eigenvalue weighted by Gasteiger charge is 2.24. The van der Waals surface area contributed by atoms with Crippen molar-refractivity contribution in [3.05, 3.63) is 24.3 Å². The number of methoxy groups -OCH3 is 1. The number of urea groups is 1. The van der Waals surface area contributed by atoms with Gasteiger partial charge in [-0.15, -0.1) is 0 Å². The van der Waals surface area contributed by atoms with Crippen molar-refractivity contribution < 1.29 is 19.1 Å². The summed E-state index contributed by atoms with van der Waals surface area (Å²) in [6.45, 7) is 5.88. The fourth-order valence-electron chi connectivity index (χ4n) is 2.47. The lowest BCUT2D eigenvalue weighted by Gasteiger charge is -2.35. The Morgan fingerprint density at radius 3 is 2.25 bits per heavy atom. The summed E-state index contributed by atoms with van der Waals surface area (Å²) in [4.78, 5) is 27.6. The molecule has 132 valence electrons. The molecular weight excluding hydrogens is 310 g/mol. The second-order valence-corrected chi connectivity index (χ2v) is 5.91. The number of nitrogens with one attached hydrogen (secondary N) is 1. The van der Waals surface area contributed by atoms with Crippen LogP contribution in [0.1, 0.15) is 13.8 Å².